The number of anilines is 1. The van der Waals surface area contributed by atoms with Gasteiger partial charge in [0, 0.05) is 32.1 Å². The van der Waals surface area contributed by atoms with Crippen LogP contribution in [0.5, 0.6) is 0 Å². The van der Waals surface area contributed by atoms with Gasteiger partial charge >= 0.3 is 6.18 Å². The molecule has 9 heteroatoms. The Morgan fingerprint density at radius 3 is 2.50 bits per heavy atom. The van der Waals surface area contributed by atoms with Crippen LogP contribution >= 0.6 is 11.6 Å². The van der Waals surface area contributed by atoms with Gasteiger partial charge in [-0.25, -0.2) is 0 Å². The molecule has 5 nitrogen and oxygen atoms in total. The lowest BCUT2D eigenvalue weighted by Gasteiger charge is -2.31. The molecule has 28 heavy (non-hydrogen) atoms. The molecule has 0 bridgehead atoms. The highest BCUT2D eigenvalue weighted by Crippen LogP contribution is 2.34. The standard InChI is InChI=1S/C19H23ClF3N3O2/c20-15-6-5-14(19(21,22)23)11-16(15)24-17(27)12-25-7-2-8-26(10-9-25)18(28)13-3-1-4-13/h5-6,11,13H,1-4,7-10,12H2,(H,24,27). The van der Waals surface area contributed by atoms with Crippen LogP contribution in [0.1, 0.15) is 31.2 Å². The van der Waals surface area contributed by atoms with Crippen molar-refractivity contribution in [2.24, 2.45) is 5.92 Å². The molecule has 0 unspecified atom stereocenters. The fourth-order valence-corrected chi connectivity index (χ4v) is 3.62. The van der Waals surface area contributed by atoms with Crippen molar-refractivity contribution in [3.05, 3.63) is 28.8 Å². The summed E-state index contributed by atoms with van der Waals surface area (Å²) in [6.07, 6.45) is -0.728. The third-order valence-electron chi connectivity index (χ3n) is 5.29. The summed E-state index contributed by atoms with van der Waals surface area (Å²) in [5.41, 5.74) is -0.926. The minimum absolute atomic E-state index is 0.0397. The van der Waals surface area contributed by atoms with Gasteiger partial charge in [-0.2, -0.15) is 13.2 Å². The van der Waals surface area contributed by atoms with Gasteiger partial charge in [0.2, 0.25) is 11.8 Å². The summed E-state index contributed by atoms with van der Waals surface area (Å²) in [6.45, 7) is 2.48. The molecule has 2 fully saturated rings. The molecule has 2 aliphatic rings. The zero-order valence-corrected chi connectivity index (χ0v) is 16.2. The first-order chi connectivity index (χ1) is 13.2. The van der Waals surface area contributed by atoms with Crippen LogP contribution in [-0.2, 0) is 15.8 Å². The van der Waals surface area contributed by atoms with Crippen molar-refractivity contribution in [3.63, 3.8) is 0 Å². The maximum Gasteiger partial charge on any atom is 0.416 e. The maximum atomic E-state index is 12.8. The molecule has 1 aliphatic heterocycles. The predicted octanol–water partition coefficient (Wildman–Crippen LogP) is 3.63. The van der Waals surface area contributed by atoms with E-state index in [4.69, 9.17) is 11.6 Å². The summed E-state index contributed by atoms with van der Waals surface area (Å²) in [4.78, 5) is 28.5. The van der Waals surface area contributed by atoms with E-state index in [1.165, 1.54) is 0 Å². The van der Waals surface area contributed by atoms with E-state index in [0.717, 1.165) is 43.9 Å². The van der Waals surface area contributed by atoms with E-state index < -0.39 is 17.6 Å². The minimum atomic E-state index is -4.51. The van der Waals surface area contributed by atoms with Gasteiger partial charge in [0.15, 0.2) is 0 Å². The van der Waals surface area contributed by atoms with Gasteiger partial charge in [-0.05, 0) is 37.5 Å². The van der Waals surface area contributed by atoms with Crippen LogP contribution in [0.15, 0.2) is 18.2 Å². The number of carbonyl (C=O) groups is 2. The molecule has 0 spiro atoms. The zero-order chi connectivity index (χ0) is 20.3. The van der Waals surface area contributed by atoms with E-state index in [9.17, 15) is 22.8 Å². The van der Waals surface area contributed by atoms with Gasteiger partial charge in [-0.3, -0.25) is 14.5 Å². The Kier molecular flexibility index (Phi) is 6.50. The molecule has 1 aromatic rings. The lowest BCUT2D eigenvalue weighted by atomic mass is 9.84. The van der Waals surface area contributed by atoms with Crippen molar-refractivity contribution in [2.75, 3.05) is 38.0 Å². The number of hydrogen-bond acceptors (Lipinski definition) is 3. The third kappa shape index (κ3) is 5.17. The van der Waals surface area contributed by atoms with Crippen LogP contribution < -0.4 is 5.32 Å². The van der Waals surface area contributed by atoms with E-state index in [-0.39, 0.29) is 29.1 Å². The molecule has 0 aromatic heterocycles. The SMILES string of the molecule is O=C(CN1CCCN(C(=O)C2CCC2)CC1)Nc1cc(C(F)(F)F)ccc1Cl. The zero-order valence-electron chi connectivity index (χ0n) is 15.4. The van der Waals surface area contributed by atoms with Crippen LogP contribution in [0.25, 0.3) is 0 Å². The topological polar surface area (TPSA) is 52.7 Å². The van der Waals surface area contributed by atoms with Crippen LogP contribution in [0.2, 0.25) is 5.02 Å². The molecule has 1 saturated carbocycles. The van der Waals surface area contributed by atoms with Crippen LogP contribution in [0.3, 0.4) is 0 Å². The molecule has 1 saturated heterocycles. The highest BCUT2D eigenvalue weighted by atomic mass is 35.5. The second-order valence-corrected chi connectivity index (χ2v) is 7.73. The van der Waals surface area contributed by atoms with Gasteiger partial charge in [-0.1, -0.05) is 18.0 Å². The monoisotopic (exact) mass is 417 g/mol. The number of benzene rings is 1. The second-order valence-electron chi connectivity index (χ2n) is 7.32. The largest absolute Gasteiger partial charge is 0.416 e. The Balaban J connectivity index is 1.54. The Morgan fingerprint density at radius 1 is 1.11 bits per heavy atom. The smallest absolute Gasteiger partial charge is 0.341 e. The van der Waals surface area contributed by atoms with Crippen LogP contribution in [0.4, 0.5) is 18.9 Å². The molecule has 154 valence electrons. The number of nitrogens with one attached hydrogen (secondary N) is 1. The van der Waals surface area contributed by atoms with Crippen LogP contribution in [0, 0.1) is 5.92 Å². The van der Waals surface area contributed by atoms with Crippen molar-refractivity contribution in [3.8, 4) is 0 Å². The van der Waals surface area contributed by atoms with E-state index in [1.807, 2.05) is 9.80 Å². The average molecular weight is 418 g/mol. The normalized spacial score (nSPS) is 19.1. The van der Waals surface area contributed by atoms with E-state index in [1.54, 1.807) is 0 Å². The Morgan fingerprint density at radius 2 is 1.86 bits per heavy atom. The molecule has 1 N–H and O–H groups in total. The summed E-state index contributed by atoms with van der Waals surface area (Å²) in [5.74, 6) is -0.0776. The van der Waals surface area contributed by atoms with Crippen molar-refractivity contribution < 1.29 is 22.8 Å². The van der Waals surface area contributed by atoms with Crippen molar-refractivity contribution in [1.82, 2.24) is 9.80 Å². The molecule has 2 amide bonds. The summed E-state index contributed by atoms with van der Waals surface area (Å²) in [5, 5.41) is 2.52. The van der Waals surface area contributed by atoms with Gasteiger partial charge in [0.1, 0.15) is 0 Å². The van der Waals surface area contributed by atoms with Gasteiger partial charge in [0.25, 0.3) is 0 Å². The number of halogens is 4. The fraction of sp³-hybridized carbons (Fsp3) is 0.579. The summed E-state index contributed by atoms with van der Waals surface area (Å²) in [7, 11) is 0. The quantitative estimate of drug-likeness (QED) is 0.814. The second kappa shape index (κ2) is 8.69. The first-order valence-electron chi connectivity index (χ1n) is 9.42. The van der Waals surface area contributed by atoms with Gasteiger partial charge in [-0.15, -0.1) is 0 Å². The number of hydrogen-bond donors (Lipinski definition) is 1. The van der Waals surface area contributed by atoms with E-state index in [0.29, 0.717) is 26.2 Å². The van der Waals surface area contributed by atoms with Gasteiger partial charge < -0.3 is 10.2 Å². The van der Waals surface area contributed by atoms with Crippen molar-refractivity contribution >= 4 is 29.1 Å². The Hall–Kier alpha value is -1.80. The van der Waals surface area contributed by atoms with Crippen LogP contribution in [-0.4, -0.2) is 54.3 Å². The molecule has 1 aromatic carbocycles. The number of amides is 2. The molecule has 1 heterocycles. The molecule has 0 radical (unpaired) electrons. The number of nitrogens with zero attached hydrogens (tertiary/aromatic N) is 2. The number of carbonyl (C=O) groups excluding carboxylic acids is 2. The number of alkyl halides is 3. The third-order valence-corrected chi connectivity index (χ3v) is 5.62. The fourth-order valence-electron chi connectivity index (χ4n) is 3.45. The minimum Gasteiger partial charge on any atom is -0.341 e. The molecular weight excluding hydrogens is 395 g/mol. The molecule has 3 rings (SSSR count). The van der Waals surface area contributed by atoms with E-state index >= 15 is 0 Å². The van der Waals surface area contributed by atoms with Crippen molar-refractivity contribution in [2.45, 2.75) is 31.9 Å². The maximum absolute atomic E-state index is 12.8. The van der Waals surface area contributed by atoms with Gasteiger partial charge in [0.05, 0.1) is 22.8 Å². The predicted molar refractivity (Wildman–Crippen MR) is 100 cm³/mol. The lowest BCUT2D eigenvalue weighted by molar-refractivity contribution is -0.138. The first kappa shape index (κ1) is 20.9. The lowest BCUT2D eigenvalue weighted by Crippen LogP contribution is -2.41. The molecule has 0 atom stereocenters. The molecular formula is C19H23ClF3N3O2. The highest BCUT2D eigenvalue weighted by molar-refractivity contribution is 6.33. The Bertz CT molecular complexity index is 738. The highest BCUT2D eigenvalue weighted by Gasteiger charge is 2.32. The first-order valence-corrected chi connectivity index (χ1v) is 9.79. The molecule has 1 aliphatic carbocycles. The van der Waals surface area contributed by atoms with Crippen molar-refractivity contribution in [1.29, 1.82) is 0 Å². The number of rotatable bonds is 4. The Labute approximate surface area is 166 Å². The summed E-state index contributed by atoms with van der Waals surface area (Å²) in [6, 6.07) is 2.83. The van der Waals surface area contributed by atoms with E-state index in [2.05, 4.69) is 5.32 Å². The summed E-state index contributed by atoms with van der Waals surface area (Å²) >= 11 is 5.92. The average Bonchev–Trinajstić information content (AvgIpc) is 2.79. The summed E-state index contributed by atoms with van der Waals surface area (Å²) < 4.78 is 38.5.